The Morgan fingerprint density at radius 3 is 2.18 bits per heavy atom. The second-order valence-electron chi connectivity index (χ2n) is 11.3. The number of carbonyl (C=O) groups excluding carboxylic acids is 2. The zero-order valence-corrected chi connectivity index (χ0v) is 19.2. The van der Waals surface area contributed by atoms with E-state index in [1.54, 1.807) is 13.8 Å². The fraction of sp³-hybridized carbons (Fsp3) is 0.760. The summed E-state index contributed by atoms with van der Waals surface area (Å²) in [5.41, 5.74) is -1.41. The number of carbonyl (C=O) groups is 2. The van der Waals surface area contributed by atoms with Gasteiger partial charge in [0.25, 0.3) is 0 Å². The molecule has 0 radical (unpaired) electrons. The van der Waals surface area contributed by atoms with Gasteiger partial charge in [-0.15, -0.1) is 0 Å². The molecular weight excluding hydrogens is 348 g/mol. The van der Waals surface area contributed by atoms with Crippen LogP contribution in [0.3, 0.4) is 0 Å². The molecular formula is C25H38O3. The number of rotatable bonds is 3. The molecule has 4 unspecified atom stereocenters. The van der Waals surface area contributed by atoms with E-state index in [9.17, 15) is 9.59 Å². The van der Waals surface area contributed by atoms with Crippen LogP contribution in [0.5, 0.6) is 0 Å². The van der Waals surface area contributed by atoms with Gasteiger partial charge < -0.3 is 4.74 Å². The van der Waals surface area contributed by atoms with Gasteiger partial charge in [0.05, 0.1) is 10.8 Å². The van der Waals surface area contributed by atoms with Crippen LogP contribution in [0.2, 0.25) is 0 Å². The molecule has 3 aliphatic rings. The number of ketones is 2. The molecule has 3 nitrogen and oxygen atoms in total. The molecule has 3 heteroatoms. The zero-order valence-electron chi connectivity index (χ0n) is 19.2. The van der Waals surface area contributed by atoms with Gasteiger partial charge in [-0.05, 0) is 77.2 Å². The Balaban J connectivity index is 2.21. The monoisotopic (exact) mass is 386 g/mol. The Hall–Kier alpha value is -1.38. The van der Waals surface area contributed by atoms with E-state index in [1.807, 2.05) is 13.8 Å². The normalized spacial score (nSPS) is 36.5. The van der Waals surface area contributed by atoms with E-state index in [1.165, 1.54) is 0 Å². The molecule has 0 N–H and O–H groups in total. The Morgan fingerprint density at radius 2 is 1.64 bits per heavy atom. The molecule has 4 atom stereocenters. The second-order valence-corrected chi connectivity index (χ2v) is 11.3. The van der Waals surface area contributed by atoms with Gasteiger partial charge in [0, 0.05) is 11.5 Å². The zero-order chi connectivity index (χ0) is 21.2. The first-order valence-corrected chi connectivity index (χ1v) is 11.0. The molecule has 2 aliphatic carbocycles. The molecule has 0 saturated carbocycles. The third-order valence-corrected chi connectivity index (χ3v) is 7.46. The van der Waals surface area contributed by atoms with Crippen LogP contribution in [0.4, 0.5) is 0 Å². The number of Topliss-reactive ketones (excluding diaryl/α,β-unsaturated/α-hetero) is 2. The minimum absolute atomic E-state index is 0.0184. The van der Waals surface area contributed by atoms with E-state index < -0.39 is 16.4 Å². The van der Waals surface area contributed by atoms with Crippen molar-refractivity contribution in [1.82, 2.24) is 0 Å². The molecule has 0 aromatic carbocycles. The standard InChI is InChI=1S/C25H38O3/c1-14(2)12-17-18-13-16(15(3)4)10-11-25(18,9)28-21-19(17)20(26)23(5,6)22(27)24(21,7)8/h10-11,14-18H,12-13H2,1-9H3. The first-order chi connectivity index (χ1) is 12.7. The summed E-state index contributed by atoms with van der Waals surface area (Å²) in [6.07, 6.45) is 6.49. The Morgan fingerprint density at radius 1 is 1.04 bits per heavy atom. The quantitative estimate of drug-likeness (QED) is 0.458. The van der Waals surface area contributed by atoms with Crippen molar-refractivity contribution in [2.45, 2.75) is 80.8 Å². The SMILES string of the molecule is CC(C)CC1C2=C(OC3(C)C=CC(C(C)C)CC13)C(C)(C)C(=O)C(C)(C)C2=O. The van der Waals surface area contributed by atoms with E-state index in [2.05, 4.69) is 46.8 Å². The first kappa shape index (κ1) is 21.3. The Labute approximate surface area is 171 Å². The molecule has 0 aromatic heterocycles. The molecule has 0 aromatic rings. The third kappa shape index (κ3) is 3.00. The summed E-state index contributed by atoms with van der Waals surface area (Å²) < 4.78 is 6.62. The topological polar surface area (TPSA) is 43.4 Å². The highest BCUT2D eigenvalue weighted by molar-refractivity contribution is 6.19. The van der Waals surface area contributed by atoms with Crippen LogP contribution in [0, 0.1) is 40.4 Å². The van der Waals surface area contributed by atoms with Crippen molar-refractivity contribution >= 4 is 11.6 Å². The highest BCUT2D eigenvalue weighted by atomic mass is 16.5. The molecule has 3 rings (SSSR count). The van der Waals surface area contributed by atoms with E-state index in [0.717, 1.165) is 18.4 Å². The van der Waals surface area contributed by atoms with Crippen LogP contribution in [-0.2, 0) is 14.3 Å². The average molecular weight is 387 g/mol. The van der Waals surface area contributed by atoms with Crippen LogP contribution >= 0.6 is 0 Å². The molecule has 0 amide bonds. The second kappa shape index (κ2) is 6.57. The molecule has 0 saturated heterocycles. The van der Waals surface area contributed by atoms with Gasteiger partial charge >= 0.3 is 0 Å². The highest BCUT2D eigenvalue weighted by Gasteiger charge is 2.61. The van der Waals surface area contributed by atoms with Crippen LogP contribution in [-0.4, -0.2) is 17.2 Å². The molecule has 0 spiro atoms. The maximum atomic E-state index is 13.6. The van der Waals surface area contributed by atoms with Gasteiger partial charge in [0.2, 0.25) is 0 Å². The number of fused-ring (bicyclic) bond motifs is 1. The van der Waals surface area contributed by atoms with Crippen molar-refractivity contribution in [2.75, 3.05) is 0 Å². The van der Waals surface area contributed by atoms with Crippen molar-refractivity contribution in [3.63, 3.8) is 0 Å². The minimum atomic E-state index is -0.989. The van der Waals surface area contributed by atoms with Gasteiger partial charge in [0.15, 0.2) is 11.6 Å². The number of allylic oxidation sites excluding steroid dienone is 3. The van der Waals surface area contributed by atoms with Gasteiger partial charge in [-0.2, -0.15) is 0 Å². The van der Waals surface area contributed by atoms with Crippen LogP contribution in [0.15, 0.2) is 23.5 Å². The summed E-state index contributed by atoms with van der Waals surface area (Å²) in [5, 5.41) is 0. The van der Waals surface area contributed by atoms with Crippen molar-refractivity contribution in [3.05, 3.63) is 23.5 Å². The first-order valence-electron chi connectivity index (χ1n) is 11.0. The molecule has 1 aliphatic heterocycles. The maximum Gasteiger partial charge on any atom is 0.175 e. The summed E-state index contributed by atoms with van der Waals surface area (Å²) in [5.74, 6) is 2.52. The van der Waals surface area contributed by atoms with Crippen molar-refractivity contribution in [1.29, 1.82) is 0 Å². The molecule has 0 bridgehead atoms. The third-order valence-electron chi connectivity index (χ3n) is 7.46. The molecule has 28 heavy (non-hydrogen) atoms. The summed E-state index contributed by atoms with van der Waals surface area (Å²) >= 11 is 0. The van der Waals surface area contributed by atoms with Gasteiger partial charge in [-0.1, -0.05) is 33.8 Å². The van der Waals surface area contributed by atoms with Crippen LogP contribution in [0.25, 0.3) is 0 Å². The summed E-state index contributed by atoms with van der Waals surface area (Å²) in [6.45, 7) is 18.6. The van der Waals surface area contributed by atoms with E-state index >= 15 is 0 Å². The van der Waals surface area contributed by atoms with Crippen molar-refractivity contribution in [3.8, 4) is 0 Å². The highest BCUT2D eigenvalue weighted by Crippen LogP contribution is 2.57. The average Bonchev–Trinajstić information content (AvgIpc) is 2.57. The van der Waals surface area contributed by atoms with Crippen molar-refractivity contribution < 1.29 is 14.3 Å². The predicted molar refractivity (Wildman–Crippen MR) is 113 cm³/mol. The van der Waals surface area contributed by atoms with E-state index in [-0.39, 0.29) is 23.4 Å². The maximum absolute atomic E-state index is 13.6. The number of hydrogen-bond donors (Lipinski definition) is 0. The van der Waals surface area contributed by atoms with E-state index in [4.69, 9.17) is 4.74 Å². The molecule has 1 heterocycles. The molecule has 0 fully saturated rings. The van der Waals surface area contributed by atoms with Crippen LogP contribution < -0.4 is 0 Å². The number of ether oxygens (including phenoxy) is 1. The lowest BCUT2D eigenvalue weighted by Gasteiger charge is -2.55. The Bertz CT molecular complexity index is 750. The largest absolute Gasteiger partial charge is 0.486 e. The fourth-order valence-electron chi connectivity index (χ4n) is 5.71. The number of hydrogen-bond acceptors (Lipinski definition) is 3. The smallest absolute Gasteiger partial charge is 0.175 e. The van der Waals surface area contributed by atoms with Gasteiger partial charge in [-0.25, -0.2) is 0 Å². The van der Waals surface area contributed by atoms with Gasteiger partial charge in [-0.3, -0.25) is 9.59 Å². The van der Waals surface area contributed by atoms with Crippen molar-refractivity contribution in [2.24, 2.45) is 40.4 Å². The van der Waals surface area contributed by atoms with E-state index in [0.29, 0.717) is 23.5 Å². The minimum Gasteiger partial charge on any atom is -0.486 e. The summed E-state index contributed by atoms with van der Waals surface area (Å²) in [7, 11) is 0. The van der Waals surface area contributed by atoms with Crippen LogP contribution in [0.1, 0.15) is 75.2 Å². The Kier molecular flexibility index (Phi) is 5.00. The molecule has 156 valence electrons. The lowest BCUT2D eigenvalue weighted by atomic mass is 9.55. The summed E-state index contributed by atoms with van der Waals surface area (Å²) in [6, 6.07) is 0. The summed E-state index contributed by atoms with van der Waals surface area (Å²) in [4.78, 5) is 26.8. The van der Waals surface area contributed by atoms with Gasteiger partial charge in [0.1, 0.15) is 11.4 Å². The lowest BCUT2D eigenvalue weighted by molar-refractivity contribution is -0.152. The predicted octanol–water partition coefficient (Wildman–Crippen LogP) is 5.74. The lowest BCUT2D eigenvalue weighted by Crippen LogP contribution is -2.58. The fourth-order valence-corrected chi connectivity index (χ4v) is 5.71.